The van der Waals surface area contributed by atoms with Gasteiger partial charge in [0.25, 0.3) is 0 Å². The van der Waals surface area contributed by atoms with Crippen LogP contribution < -0.4 is 0 Å². The summed E-state index contributed by atoms with van der Waals surface area (Å²) in [5.41, 5.74) is 0. The van der Waals surface area contributed by atoms with E-state index in [0.29, 0.717) is 50.4 Å². The standard InChI is InChI=1S/C16H23N5O3/c1-11-17-14(18-24-11)10-19-4-6-20(7-5-19)16(23)12-8-15(22)21(9-12)13-2-3-13/h12-13H,2-10H2,1H3/t12-/m0/s1. The van der Waals surface area contributed by atoms with E-state index in [4.69, 9.17) is 4.52 Å². The van der Waals surface area contributed by atoms with Gasteiger partial charge in [-0.2, -0.15) is 4.98 Å². The fourth-order valence-electron chi connectivity index (χ4n) is 3.63. The van der Waals surface area contributed by atoms with Crippen LogP contribution in [0.15, 0.2) is 4.52 Å². The summed E-state index contributed by atoms with van der Waals surface area (Å²) in [4.78, 5) is 35.0. The molecule has 3 fully saturated rings. The molecule has 0 radical (unpaired) electrons. The highest BCUT2D eigenvalue weighted by atomic mass is 16.5. The van der Waals surface area contributed by atoms with Crippen LogP contribution in [0.4, 0.5) is 0 Å². The molecule has 1 aromatic rings. The molecule has 0 N–H and O–H groups in total. The highest BCUT2D eigenvalue weighted by Crippen LogP contribution is 2.33. The first-order chi connectivity index (χ1) is 11.6. The van der Waals surface area contributed by atoms with Crippen molar-refractivity contribution in [2.24, 2.45) is 5.92 Å². The molecule has 1 aromatic heterocycles. The van der Waals surface area contributed by atoms with Crippen molar-refractivity contribution in [1.29, 1.82) is 0 Å². The number of hydrogen-bond acceptors (Lipinski definition) is 6. The molecular formula is C16H23N5O3. The highest BCUT2D eigenvalue weighted by molar-refractivity contribution is 5.89. The molecule has 130 valence electrons. The molecule has 1 atom stereocenters. The van der Waals surface area contributed by atoms with Crippen molar-refractivity contribution < 1.29 is 14.1 Å². The molecule has 0 bridgehead atoms. The number of piperazine rings is 1. The van der Waals surface area contributed by atoms with Crippen LogP contribution in [0.5, 0.6) is 0 Å². The molecule has 2 aliphatic heterocycles. The minimum absolute atomic E-state index is 0.140. The average Bonchev–Trinajstić information content (AvgIpc) is 3.23. The summed E-state index contributed by atoms with van der Waals surface area (Å²) in [5.74, 6) is 1.41. The van der Waals surface area contributed by atoms with E-state index in [0.717, 1.165) is 25.9 Å². The van der Waals surface area contributed by atoms with E-state index in [1.165, 1.54) is 0 Å². The number of aryl methyl sites for hydroxylation is 1. The molecule has 24 heavy (non-hydrogen) atoms. The number of nitrogens with zero attached hydrogens (tertiary/aromatic N) is 5. The van der Waals surface area contributed by atoms with Crippen LogP contribution in [0, 0.1) is 12.8 Å². The van der Waals surface area contributed by atoms with Gasteiger partial charge in [0.2, 0.25) is 17.7 Å². The first-order valence-electron chi connectivity index (χ1n) is 8.70. The third kappa shape index (κ3) is 3.15. The first-order valence-corrected chi connectivity index (χ1v) is 8.70. The van der Waals surface area contributed by atoms with Crippen LogP contribution in [0.3, 0.4) is 0 Å². The van der Waals surface area contributed by atoms with E-state index in [2.05, 4.69) is 15.0 Å². The van der Waals surface area contributed by atoms with Gasteiger partial charge in [0.15, 0.2) is 5.82 Å². The van der Waals surface area contributed by atoms with Crippen LogP contribution in [0.2, 0.25) is 0 Å². The van der Waals surface area contributed by atoms with Crippen LogP contribution in [0.25, 0.3) is 0 Å². The lowest BCUT2D eigenvalue weighted by atomic mass is 10.1. The number of aromatic nitrogens is 2. The summed E-state index contributed by atoms with van der Waals surface area (Å²) in [5, 5.41) is 3.91. The molecule has 0 aromatic carbocycles. The first kappa shape index (κ1) is 15.6. The zero-order chi connectivity index (χ0) is 16.7. The number of carbonyl (C=O) groups excluding carboxylic acids is 2. The Morgan fingerprint density at radius 1 is 1.25 bits per heavy atom. The number of amides is 2. The number of hydrogen-bond donors (Lipinski definition) is 0. The fourth-order valence-corrected chi connectivity index (χ4v) is 3.63. The molecule has 0 unspecified atom stereocenters. The quantitative estimate of drug-likeness (QED) is 0.773. The summed E-state index contributed by atoms with van der Waals surface area (Å²) >= 11 is 0. The predicted molar refractivity (Wildman–Crippen MR) is 83.7 cm³/mol. The maximum atomic E-state index is 12.7. The Bertz CT molecular complexity index is 633. The molecular weight excluding hydrogens is 310 g/mol. The lowest BCUT2D eigenvalue weighted by molar-refractivity contribution is -0.137. The van der Waals surface area contributed by atoms with E-state index in [-0.39, 0.29) is 17.7 Å². The number of carbonyl (C=O) groups is 2. The molecule has 1 saturated carbocycles. The van der Waals surface area contributed by atoms with Gasteiger partial charge in [0, 0.05) is 52.1 Å². The monoisotopic (exact) mass is 333 g/mol. The summed E-state index contributed by atoms with van der Waals surface area (Å²) in [7, 11) is 0. The number of likely N-dealkylation sites (tertiary alicyclic amines) is 1. The van der Waals surface area contributed by atoms with E-state index < -0.39 is 0 Å². The highest BCUT2D eigenvalue weighted by Gasteiger charge is 2.43. The van der Waals surface area contributed by atoms with Crippen molar-refractivity contribution in [2.75, 3.05) is 32.7 Å². The lowest BCUT2D eigenvalue weighted by Gasteiger charge is -2.35. The van der Waals surface area contributed by atoms with Gasteiger partial charge >= 0.3 is 0 Å². The SMILES string of the molecule is Cc1nc(CN2CCN(C(=O)[C@H]3CC(=O)N(C4CC4)C3)CC2)no1. The van der Waals surface area contributed by atoms with Gasteiger partial charge in [-0.25, -0.2) is 0 Å². The molecule has 8 nitrogen and oxygen atoms in total. The van der Waals surface area contributed by atoms with Crippen molar-refractivity contribution in [3.8, 4) is 0 Å². The Balaban J connectivity index is 1.27. The van der Waals surface area contributed by atoms with E-state index in [1.54, 1.807) is 6.92 Å². The van der Waals surface area contributed by atoms with Crippen molar-refractivity contribution in [3.63, 3.8) is 0 Å². The maximum absolute atomic E-state index is 12.7. The minimum Gasteiger partial charge on any atom is -0.340 e. The van der Waals surface area contributed by atoms with Gasteiger partial charge in [-0.05, 0) is 12.8 Å². The Morgan fingerprint density at radius 3 is 2.62 bits per heavy atom. The van der Waals surface area contributed by atoms with Crippen LogP contribution in [0.1, 0.15) is 31.0 Å². The van der Waals surface area contributed by atoms with Crippen molar-refractivity contribution in [2.45, 2.75) is 38.8 Å². The van der Waals surface area contributed by atoms with Crippen LogP contribution in [-0.4, -0.2) is 75.4 Å². The molecule has 2 amide bonds. The summed E-state index contributed by atoms with van der Waals surface area (Å²) < 4.78 is 4.99. The topological polar surface area (TPSA) is 82.8 Å². The van der Waals surface area contributed by atoms with Gasteiger partial charge in [-0.15, -0.1) is 0 Å². The molecule has 4 rings (SSSR count). The van der Waals surface area contributed by atoms with E-state index in [1.807, 2.05) is 9.80 Å². The second-order valence-corrected chi connectivity index (χ2v) is 7.01. The third-order valence-corrected chi connectivity index (χ3v) is 5.11. The Kier molecular flexibility index (Phi) is 3.99. The van der Waals surface area contributed by atoms with E-state index in [9.17, 15) is 9.59 Å². The second kappa shape index (κ2) is 6.16. The average molecular weight is 333 g/mol. The van der Waals surface area contributed by atoms with Gasteiger partial charge in [0.1, 0.15) is 0 Å². The fraction of sp³-hybridized carbons (Fsp3) is 0.750. The zero-order valence-electron chi connectivity index (χ0n) is 14.0. The molecule has 1 aliphatic carbocycles. The van der Waals surface area contributed by atoms with Gasteiger partial charge < -0.3 is 14.3 Å². The number of rotatable bonds is 4. The molecule has 8 heteroatoms. The van der Waals surface area contributed by atoms with Crippen LogP contribution >= 0.6 is 0 Å². The van der Waals surface area contributed by atoms with E-state index >= 15 is 0 Å². The van der Waals surface area contributed by atoms with Gasteiger partial charge in [0.05, 0.1) is 12.5 Å². The van der Waals surface area contributed by atoms with Crippen molar-refractivity contribution >= 4 is 11.8 Å². The third-order valence-electron chi connectivity index (χ3n) is 5.11. The molecule has 3 heterocycles. The molecule has 0 spiro atoms. The Labute approximate surface area is 140 Å². The van der Waals surface area contributed by atoms with Gasteiger partial charge in [-0.3, -0.25) is 14.5 Å². The normalized spacial score (nSPS) is 25.5. The molecule has 3 aliphatic rings. The summed E-state index contributed by atoms with van der Waals surface area (Å²) in [6, 6.07) is 0.408. The van der Waals surface area contributed by atoms with Crippen molar-refractivity contribution in [3.05, 3.63) is 11.7 Å². The maximum Gasteiger partial charge on any atom is 0.228 e. The largest absolute Gasteiger partial charge is 0.340 e. The summed E-state index contributed by atoms with van der Waals surface area (Å²) in [6.07, 6.45) is 2.58. The minimum atomic E-state index is -0.149. The van der Waals surface area contributed by atoms with Crippen molar-refractivity contribution in [1.82, 2.24) is 24.8 Å². The molecule has 2 saturated heterocycles. The summed E-state index contributed by atoms with van der Waals surface area (Å²) in [6.45, 7) is 6.04. The van der Waals surface area contributed by atoms with Gasteiger partial charge in [-0.1, -0.05) is 5.16 Å². The van der Waals surface area contributed by atoms with Crippen LogP contribution in [-0.2, 0) is 16.1 Å². The Hall–Kier alpha value is -1.96. The lowest BCUT2D eigenvalue weighted by Crippen LogP contribution is -2.50. The Morgan fingerprint density at radius 2 is 2.00 bits per heavy atom. The predicted octanol–water partition coefficient (Wildman–Crippen LogP) is 0.0331. The smallest absolute Gasteiger partial charge is 0.228 e. The second-order valence-electron chi connectivity index (χ2n) is 7.01. The zero-order valence-corrected chi connectivity index (χ0v) is 14.0.